The van der Waals surface area contributed by atoms with E-state index in [1.165, 1.54) is 4.90 Å². The monoisotopic (exact) mass is 339 g/mol. The number of hydrogen-bond acceptors (Lipinski definition) is 4. The Hall–Kier alpha value is -3.35. The van der Waals surface area contributed by atoms with Crippen molar-refractivity contribution >= 4 is 29.3 Å². The molecule has 128 valence electrons. The van der Waals surface area contributed by atoms with Gasteiger partial charge >= 0.3 is 6.09 Å². The third kappa shape index (κ3) is 4.14. The fourth-order valence-corrected chi connectivity index (χ4v) is 2.41. The maximum Gasteiger partial charge on any atom is 0.414 e. The van der Waals surface area contributed by atoms with Crippen LogP contribution >= 0.6 is 0 Å². The van der Waals surface area contributed by atoms with Gasteiger partial charge in [-0.3, -0.25) is 14.5 Å². The van der Waals surface area contributed by atoms with Gasteiger partial charge in [0.25, 0.3) is 5.91 Å². The van der Waals surface area contributed by atoms with Gasteiger partial charge in [0.2, 0.25) is 5.91 Å². The second-order valence-electron chi connectivity index (χ2n) is 5.41. The summed E-state index contributed by atoms with van der Waals surface area (Å²) < 4.78 is 4.88. The number of cyclic esters (lactones) is 1. The van der Waals surface area contributed by atoms with E-state index in [-0.39, 0.29) is 24.5 Å². The third-order valence-corrected chi connectivity index (χ3v) is 3.67. The number of nitrogens with zero attached hydrogens (tertiary/aromatic N) is 1. The summed E-state index contributed by atoms with van der Waals surface area (Å²) in [6, 6.07) is 15.5. The van der Waals surface area contributed by atoms with Crippen molar-refractivity contribution in [2.75, 3.05) is 29.9 Å². The lowest BCUT2D eigenvalue weighted by Crippen LogP contribution is -2.32. The largest absolute Gasteiger partial charge is 0.447 e. The zero-order chi connectivity index (χ0) is 17.6. The van der Waals surface area contributed by atoms with Crippen LogP contribution in [0.15, 0.2) is 54.6 Å². The fourth-order valence-electron chi connectivity index (χ4n) is 2.41. The highest BCUT2D eigenvalue weighted by molar-refractivity contribution is 5.99. The number of rotatable bonds is 5. The molecule has 1 heterocycles. The number of benzene rings is 2. The summed E-state index contributed by atoms with van der Waals surface area (Å²) in [6.07, 6.45) is -0.375. The molecule has 2 N–H and O–H groups in total. The van der Waals surface area contributed by atoms with Gasteiger partial charge in [-0.05, 0) is 36.4 Å². The minimum Gasteiger partial charge on any atom is -0.447 e. The van der Waals surface area contributed by atoms with Gasteiger partial charge in [0, 0.05) is 16.9 Å². The molecule has 3 amide bonds. The molecule has 0 radical (unpaired) electrons. The number of ether oxygens (including phenoxy) is 1. The molecule has 0 aromatic heterocycles. The Labute approximate surface area is 144 Å². The van der Waals surface area contributed by atoms with Crippen LogP contribution in [0.1, 0.15) is 10.4 Å². The molecule has 0 bridgehead atoms. The van der Waals surface area contributed by atoms with Crippen molar-refractivity contribution < 1.29 is 19.1 Å². The summed E-state index contributed by atoms with van der Waals surface area (Å²) in [6.45, 7) is 0.752. The minimum atomic E-state index is -0.375. The van der Waals surface area contributed by atoms with Crippen molar-refractivity contribution in [2.24, 2.45) is 0 Å². The van der Waals surface area contributed by atoms with Gasteiger partial charge in [0.1, 0.15) is 6.61 Å². The second kappa shape index (κ2) is 7.48. The molecule has 2 aromatic carbocycles. The molecule has 0 spiro atoms. The van der Waals surface area contributed by atoms with Crippen molar-refractivity contribution in [2.45, 2.75) is 0 Å². The minimum absolute atomic E-state index is 0.131. The summed E-state index contributed by atoms with van der Waals surface area (Å²) in [5.74, 6) is -0.642. The molecule has 2 aromatic rings. The van der Waals surface area contributed by atoms with E-state index in [1.807, 2.05) is 6.07 Å². The van der Waals surface area contributed by atoms with Crippen LogP contribution in [0, 0.1) is 0 Å². The first kappa shape index (κ1) is 16.5. The van der Waals surface area contributed by atoms with Gasteiger partial charge < -0.3 is 15.4 Å². The van der Waals surface area contributed by atoms with Gasteiger partial charge in [0.05, 0.1) is 13.1 Å². The molecule has 1 aliphatic rings. The quantitative estimate of drug-likeness (QED) is 0.872. The zero-order valence-electron chi connectivity index (χ0n) is 13.4. The molecule has 1 aliphatic heterocycles. The van der Waals surface area contributed by atoms with E-state index in [1.54, 1.807) is 48.5 Å². The average molecular weight is 339 g/mol. The third-order valence-electron chi connectivity index (χ3n) is 3.67. The van der Waals surface area contributed by atoms with Crippen molar-refractivity contribution in [3.63, 3.8) is 0 Å². The Morgan fingerprint density at radius 2 is 1.76 bits per heavy atom. The molecule has 1 fully saturated rings. The predicted octanol–water partition coefficient (Wildman–Crippen LogP) is 2.01. The highest BCUT2D eigenvalue weighted by Crippen LogP contribution is 2.20. The first-order chi connectivity index (χ1) is 12.1. The summed E-state index contributed by atoms with van der Waals surface area (Å²) >= 11 is 0. The maximum absolute atomic E-state index is 11.9. The van der Waals surface area contributed by atoms with E-state index in [4.69, 9.17) is 4.74 Å². The molecule has 0 unspecified atom stereocenters. The smallest absolute Gasteiger partial charge is 0.414 e. The summed E-state index contributed by atoms with van der Waals surface area (Å²) in [7, 11) is 0. The number of nitrogens with one attached hydrogen (secondary N) is 2. The topological polar surface area (TPSA) is 87.7 Å². The Bertz CT molecular complexity index is 775. The number of amides is 3. The van der Waals surface area contributed by atoms with Gasteiger partial charge in [0.15, 0.2) is 0 Å². The number of carbonyl (C=O) groups is 3. The van der Waals surface area contributed by atoms with Crippen LogP contribution in [0.5, 0.6) is 0 Å². The van der Waals surface area contributed by atoms with Gasteiger partial charge in [-0.15, -0.1) is 0 Å². The molecule has 0 atom stereocenters. The number of hydrogen-bond donors (Lipinski definition) is 2. The highest BCUT2D eigenvalue weighted by atomic mass is 16.6. The summed E-state index contributed by atoms with van der Waals surface area (Å²) in [5, 5.41) is 5.25. The van der Waals surface area contributed by atoms with Crippen molar-refractivity contribution in [3.05, 3.63) is 60.2 Å². The highest BCUT2D eigenvalue weighted by Gasteiger charge is 2.23. The number of carbonyl (C=O) groups excluding carboxylic acids is 3. The van der Waals surface area contributed by atoms with Crippen LogP contribution in [0.3, 0.4) is 0 Å². The molecule has 7 heteroatoms. The standard InChI is InChI=1S/C18H17N3O4/c22-16(12-19-17(23)13-4-2-1-3-5-13)20-14-6-8-15(9-7-14)21-10-11-25-18(21)24/h1-9H,10-12H2,(H,19,23)(H,20,22). The molecule has 7 nitrogen and oxygen atoms in total. The Morgan fingerprint density at radius 1 is 1.04 bits per heavy atom. The fraction of sp³-hybridized carbons (Fsp3) is 0.167. The van der Waals surface area contributed by atoms with Crippen LogP contribution < -0.4 is 15.5 Å². The van der Waals surface area contributed by atoms with Crippen LogP contribution in [0.2, 0.25) is 0 Å². The average Bonchev–Trinajstić information content (AvgIpc) is 3.07. The Morgan fingerprint density at radius 3 is 2.40 bits per heavy atom. The summed E-state index contributed by atoms with van der Waals surface area (Å²) in [4.78, 5) is 36.8. The Kier molecular flexibility index (Phi) is 4.94. The first-order valence-electron chi connectivity index (χ1n) is 7.81. The van der Waals surface area contributed by atoms with E-state index >= 15 is 0 Å². The van der Waals surface area contributed by atoms with E-state index in [0.717, 1.165) is 0 Å². The lowest BCUT2D eigenvalue weighted by molar-refractivity contribution is -0.115. The van der Waals surface area contributed by atoms with Gasteiger partial charge in [-0.2, -0.15) is 0 Å². The van der Waals surface area contributed by atoms with Crippen LogP contribution in [-0.4, -0.2) is 37.6 Å². The lowest BCUT2D eigenvalue weighted by Gasteiger charge is -2.13. The van der Waals surface area contributed by atoms with Gasteiger partial charge in [-0.25, -0.2) is 4.79 Å². The molecular weight excluding hydrogens is 322 g/mol. The van der Waals surface area contributed by atoms with Crippen molar-refractivity contribution in [1.29, 1.82) is 0 Å². The molecule has 3 rings (SSSR count). The molecule has 25 heavy (non-hydrogen) atoms. The van der Waals surface area contributed by atoms with Crippen LogP contribution in [-0.2, 0) is 9.53 Å². The molecular formula is C18H17N3O4. The van der Waals surface area contributed by atoms with Crippen molar-refractivity contribution in [1.82, 2.24) is 5.32 Å². The van der Waals surface area contributed by atoms with E-state index in [9.17, 15) is 14.4 Å². The van der Waals surface area contributed by atoms with Crippen LogP contribution in [0.25, 0.3) is 0 Å². The summed E-state index contributed by atoms with van der Waals surface area (Å²) in [5.41, 5.74) is 1.78. The second-order valence-corrected chi connectivity index (χ2v) is 5.41. The maximum atomic E-state index is 11.9. The SMILES string of the molecule is O=C(CNC(=O)c1ccccc1)Nc1ccc(N2CCOC2=O)cc1. The van der Waals surface area contributed by atoms with Crippen LogP contribution in [0.4, 0.5) is 16.2 Å². The van der Waals surface area contributed by atoms with E-state index in [0.29, 0.717) is 30.1 Å². The lowest BCUT2D eigenvalue weighted by atomic mass is 10.2. The normalized spacial score (nSPS) is 13.3. The Balaban J connectivity index is 1.51. The molecule has 0 aliphatic carbocycles. The molecule has 1 saturated heterocycles. The van der Waals surface area contributed by atoms with E-state index in [2.05, 4.69) is 10.6 Å². The predicted molar refractivity (Wildman–Crippen MR) is 92.5 cm³/mol. The van der Waals surface area contributed by atoms with Gasteiger partial charge in [-0.1, -0.05) is 18.2 Å². The van der Waals surface area contributed by atoms with Crippen molar-refractivity contribution in [3.8, 4) is 0 Å². The number of anilines is 2. The molecule has 0 saturated carbocycles. The first-order valence-corrected chi connectivity index (χ1v) is 7.81. The van der Waals surface area contributed by atoms with E-state index < -0.39 is 0 Å². The zero-order valence-corrected chi connectivity index (χ0v) is 13.4.